The summed E-state index contributed by atoms with van der Waals surface area (Å²) < 4.78 is 11.7. The third kappa shape index (κ3) is 5.19. The molecule has 0 atom stereocenters. The van der Waals surface area contributed by atoms with Crippen LogP contribution in [-0.4, -0.2) is 10.2 Å². The van der Waals surface area contributed by atoms with Gasteiger partial charge < -0.3 is 19.7 Å². The van der Waals surface area contributed by atoms with E-state index in [4.69, 9.17) is 32.7 Å². The highest BCUT2D eigenvalue weighted by molar-refractivity contribution is 6.32. The first-order chi connectivity index (χ1) is 15.7. The van der Waals surface area contributed by atoms with E-state index < -0.39 is 0 Å². The first kappa shape index (κ1) is 22.8. The number of phenolic OH excluding ortho intramolecular Hbond substituents is 2. The maximum Gasteiger partial charge on any atom is 0.146 e. The number of aromatic hydroxyl groups is 2. The van der Waals surface area contributed by atoms with Crippen LogP contribution in [0.5, 0.6) is 34.5 Å². The zero-order valence-electron chi connectivity index (χ0n) is 18.0. The minimum absolute atomic E-state index is 0.170. The van der Waals surface area contributed by atoms with Gasteiger partial charge in [0.25, 0.3) is 0 Å². The number of halogens is 2. The maximum absolute atomic E-state index is 9.42. The summed E-state index contributed by atoms with van der Waals surface area (Å²) in [4.78, 5) is 0. The Bertz CT molecular complexity index is 1170. The van der Waals surface area contributed by atoms with Crippen molar-refractivity contribution >= 4 is 23.2 Å². The summed E-state index contributed by atoms with van der Waals surface area (Å²) in [6, 6.07) is 24.3. The number of benzene rings is 4. The highest BCUT2D eigenvalue weighted by Crippen LogP contribution is 2.40. The lowest BCUT2D eigenvalue weighted by molar-refractivity contribution is 0.464. The summed E-state index contributed by atoms with van der Waals surface area (Å²) in [7, 11) is 0. The highest BCUT2D eigenvalue weighted by Gasteiger charge is 2.25. The number of phenols is 2. The van der Waals surface area contributed by atoms with Crippen molar-refractivity contribution in [1.82, 2.24) is 0 Å². The zero-order valence-corrected chi connectivity index (χ0v) is 19.6. The normalized spacial score (nSPS) is 11.3. The van der Waals surface area contributed by atoms with Crippen molar-refractivity contribution in [3.8, 4) is 34.5 Å². The van der Waals surface area contributed by atoms with E-state index in [2.05, 4.69) is 13.8 Å². The van der Waals surface area contributed by atoms with E-state index in [-0.39, 0.29) is 16.9 Å². The molecule has 0 aliphatic heterocycles. The smallest absolute Gasteiger partial charge is 0.146 e. The molecule has 33 heavy (non-hydrogen) atoms. The number of hydrogen-bond donors (Lipinski definition) is 2. The molecule has 0 saturated carbocycles. The third-order valence-corrected chi connectivity index (χ3v) is 6.03. The van der Waals surface area contributed by atoms with Gasteiger partial charge in [-0.2, -0.15) is 0 Å². The third-order valence-electron chi connectivity index (χ3n) is 5.44. The summed E-state index contributed by atoms with van der Waals surface area (Å²) >= 11 is 13.0. The van der Waals surface area contributed by atoms with Crippen LogP contribution in [0, 0.1) is 0 Å². The van der Waals surface area contributed by atoms with Gasteiger partial charge in [-0.25, -0.2) is 0 Å². The zero-order chi connectivity index (χ0) is 23.6. The van der Waals surface area contributed by atoms with Crippen LogP contribution in [0.25, 0.3) is 0 Å². The Balaban J connectivity index is 1.55. The quantitative estimate of drug-likeness (QED) is 0.291. The molecule has 4 aromatic carbocycles. The van der Waals surface area contributed by atoms with Gasteiger partial charge in [0, 0.05) is 5.41 Å². The molecular weight excluding hydrogens is 459 g/mol. The fourth-order valence-corrected chi connectivity index (χ4v) is 3.83. The molecule has 6 heteroatoms. The van der Waals surface area contributed by atoms with Gasteiger partial charge in [-0.3, -0.25) is 0 Å². The van der Waals surface area contributed by atoms with Crippen molar-refractivity contribution in [2.75, 3.05) is 0 Å². The Kier molecular flexibility index (Phi) is 6.41. The molecule has 0 radical (unpaired) electrons. The second-order valence-electron chi connectivity index (χ2n) is 8.11. The molecule has 0 saturated heterocycles. The average Bonchev–Trinajstić information content (AvgIpc) is 2.79. The van der Waals surface area contributed by atoms with Crippen LogP contribution in [0.2, 0.25) is 10.0 Å². The number of hydrogen-bond acceptors (Lipinski definition) is 4. The lowest BCUT2D eigenvalue weighted by Crippen LogP contribution is -2.19. The van der Waals surface area contributed by atoms with Gasteiger partial charge in [-0.1, -0.05) is 49.2 Å². The monoisotopic (exact) mass is 480 g/mol. The fourth-order valence-electron chi connectivity index (χ4n) is 3.39. The first-order valence-corrected chi connectivity index (χ1v) is 11.0. The van der Waals surface area contributed by atoms with Gasteiger partial charge >= 0.3 is 0 Å². The molecule has 0 spiro atoms. The highest BCUT2D eigenvalue weighted by atomic mass is 35.5. The predicted octanol–water partition coefficient (Wildman–Crippen LogP) is 8.32. The minimum Gasteiger partial charge on any atom is -0.508 e. The minimum atomic E-state index is -0.387. The molecule has 0 aromatic heterocycles. The van der Waals surface area contributed by atoms with Crippen LogP contribution in [0.1, 0.15) is 25.0 Å². The van der Waals surface area contributed by atoms with Crippen molar-refractivity contribution in [2.24, 2.45) is 0 Å². The Morgan fingerprint density at radius 2 is 0.939 bits per heavy atom. The van der Waals surface area contributed by atoms with Gasteiger partial charge in [-0.15, -0.1) is 0 Å². The Morgan fingerprint density at radius 1 is 0.576 bits per heavy atom. The molecule has 0 aliphatic rings. The van der Waals surface area contributed by atoms with Gasteiger partial charge in [0.05, 0.1) is 10.0 Å². The van der Waals surface area contributed by atoms with Gasteiger partial charge in [0.2, 0.25) is 0 Å². The Labute approximate surface area is 202 Å². The van der Waals surface area contributed by atoms with Crippen LogP contribution < -0.4 is 9.47 Å². The second-order valence-corrected chi connectivity index (χ2v) is 8.92. The average molecular weight is 481 g/mol. The molecule has 0 aliphatic carbocycles. The number of rotatable bonds is 6. The fraction of sp³-hybridized carbons (Fsp3) is 0.111. The van der Waals surface area contributed by atoms with Crippen LogP contribution >= 0.6 is 23.2 Å². The van der Waals surface area contributed by atoms with Crippen molar-refractivity contribution in [2.45, 2.75) is 19.3 Å². The van der Waals surface area contributed by atoms with Crippen LogP contribution in [-0.2, 0) is 5.41 Å². The second kappa shape index (κ2) is 9.26. The van der Waals surface area contributed by atoms with Crippen molar-refractivity contribution in [3.05, 3.63) is 106 Å². The molecule has 0 heterocycles. The van der Waals surface area contributed by atoms with E-state index in [1.54, 1.807) is 48.5 Å². The van der Waals surface area contributed by atoms with Crippen molar-refractivity contribution < 1.29 is 19.7 Å². The summed E-state index contributed by atoms with van der Waals surface area (Å²) in [5.74, 6) is 2.55. The molecule has 4 nitrogen and oxygen atoms in total. The standard InChI is InChI=1S/C27H22Cl2O4/c1-27(2,17-3-13-25(23(28)15-17)32-21-9-5-19(30)6-10-21)18-4-14-26(24(29)16-18)33-22-11-7-20(31)8-12-22/h3-16,30-31H,1-2H3. The van der Waals surface area contributed by atoms with E-state index in [0.717, 1.165) is 11.1 Å². The van der Waals surface area contributed by atoms with Gasteiger partial charge in [0.15, 0.2) is 0 Å². The van der Waals surface area contributed by atoms with Crippen LogP contribution in [0.15, 0.2) is 84.9 Å². The SMILES string of the molecule is CC(C)(c1ccc(Oc2ccc(O)cc2)c(Cl)c1)c1ccc(Oc2ccc(O)cc2)c(Cl)c1. The maximum atomic E-state index is 9.42. The Morgan fingerprint density at radius 3 is 1.27 bits per heavy atom. The van der Waals surface area contributed by atoms with E-state index in [1.165, 1.54) is 0 Å². The molecule has 4 aromatic rings. The predicted molar refractivity (Wildman–Crippen MR) is 131 cm³/mol. The number of ether oxygens (including phenoxy) is 2. The Hall–Kier alpha value is -3.34. The molecule has 0 fully saturated rings. The largest absolute Gasteiger partial charge is 0.508 e. The molecule has 168 valence electrons. The molecule has 0 bridgehead atoms. The lowest BCUT2D eigenvalue weighted by Gasteiger charge is -2.27. The summed E-state index contributed by atoms with van der Waals surface area (Å²) in [5, 5.41) is 19.8. The molecule has 0 unspecified atom stereocenters. The topological polar surface area (TPSA) is 58.9 Å². The van der Waals surface area contributed by atoms with E-state index >= 15 is 0 Å². The van der Waals surface area contributed by atoms with E-state index in [0.29, 0.717) is 33.0 Å². The van der Waals surface area contributed by atoms with Crippen molar-refractivity contribution in [1.29, 1.82) is 0 Å². The summed E-state index contributed by atoms with van der Waals surface area (Å²) in [5.41, 5.74) is 1.60. The molecule has 0 amide bonds. The van der Waals surface area contributed by atoms with Crippen molar-refractivity contribution in [3.63, 3.8) is 0 Å². The molecular formula is C27H22Cl2O4. The molecule has 4 rings (SSSR count). The lowest BCUT2D eigenvalue weighted by atomic mass is 9.78. The first-order valence-electron chi connectivity index (χ1n) is 10.3. The molecule has 2 N–H and O–H groups in total. The van der Waals surface area contributed by atoms with Crippen LogP contribution in [0.3, 0.4) is 0 Å². The summed E-state index contributed by atoms with van der Waals surface area (Å²) in [6.45, 7) is 4.18. The van der Waals surface area contributed by atoms with E-state index in [1.807, 2.05) is 36.4 Å². The van der Waals surface area contributed by atoms with Gasteiger partial charge in [-0.05, 0) is 83.9 Å². The van der Waals surface area contributed by atoms with Gasteiger partial charge in [0.1, 0.15) is 34.5 Å². The van der Waals surface area contributed by atoms with E-state index in [9.17, 15) is 10.2 Å². The summed E-state index contributed by atoms with van der Waals surface area (Å²) in [6.07, 6.45) is 0. The van der Waals surface area contributed by atoms with Crippen LogP contribution in [0.4, 0.5) is 0 Å².